The summed E-state index contributed by atoms with van der Waals surface area (Å²) in [6, 6.07) is 2.29. The van der Waals surface area contributed by atoms with Crippen LogP contribution in [0.15, 0.2) is 18.6 Å². The Morgan fingerprint density at radius 2 is 2.23 bits per heavy atom. The minimum atomic E-state index is 0.342. The van der Waals surface area contributed by atoms with Gasteiger partial charge in [0, 0.05) is 36.7 Å². The van der Waals surface area contributed by atoms with E-state index in [1.165, 1.54) is 4.88 Å². The van der Waals surface area contributed by atoms with E-state index in [1.807, 2.05) is 12.3 Å². The zero-order valence-electron chi connectivity index (χ0n) is 12.7. The van der Waals surface area contributed by atoms with Gasteiger partial charge < -0.3 is 15.4 Å². The number of nitrogens with one attached hydrogen (secondary N) is 2. The van der Waals surface area contributed by atoms with Crippen LogP contribution in [0, 0.1) is 6.92 Å². The lowest BCUT2D eigenvalue weighted by molar-refractivity contribution is 0.0875. The molecule has 1 aliphatic heterocycles. The number of anilines is 2. The molecule has 0 amide bonds. The average Bonchev–Trinajstić information content (AvgIpc) is 2.94. The summed E-state index contributed by atoms with van der Waals surface area (Å²) >= 11 is 1.74. The normalized spacial score (nSPS) is 18.1. The topological polar surface area (TPSA) is 72.0 Å². The summed E-state index contributed by atoms with van der Waals surface area (Å²) in [6.07, 6.45) is 6.62. The molecule has 0 spiro atoms. The van der Waals surface area contributed by atoms with Crippen molar-refractivity contribution in [3.8, 4) is 0 Å². The molecule has 2 N–H and O–H groups in total. The van der Waals surface area contributed by atoms with E-state index in [1.54, 1.807) is 17.7 Å². The van der Waals surface area contributed by atoms with Gasteiger partial charge in [-0.25, -0.2) is 15.0 Å². The van der Waals surface area contributed by atoms with Gasteiger partial charge in [0.1, 0.15) is 18.0 Å². The van der Waals surface area contributed by atoms with Crippen LogP contribution in [0.5, 0.6) is 0 Å². The van der Waals surface area contributed by atoms with E-state index in [0.717, 1.165) is 55.7 Å². The first-order chi connectivity index (χ1) is 10.8. The first-order valence-corrected chi connectivity index (χ1v) is 8.43. The highest BCUT2D eigenvalue weighted by molar-refractivity contribution is 7.11. The van der Waals surface area contributed by atoms with Crippen LogP contribution in [-0.4, -0.2) is 40.8 Å². The van der Waals surface area contributed by atoms with Crippen LogP contribution in [0.25, 0.3) is 0 Å². The number of nitrogens with zero attached hydrogens (tertiary/aromatic N) is 3. The van der Waals surface area contributed by atoms with Gasteiger partial charge in [0.15, 0.2) is 0 Å². The molecule has 1 fully saturated rings. The van der Waals surface area contributed by atoms with Crippen LogP contribution in [0.2, 0.25) is 0 Å². The zero-order valence-corrected chi connectivity index (χ0v) is 13.5. The van der Waals surface area contributed by atoms with Crippen LogP contribution >= 0.6 is 11.3 Å². The molecule has 0 unspecified atom stereocenters. The molecule has 0 saturated carbocycles. The zero-order chi connectivity index (χ0) is 15.2. The van der Waals surface area contributed by atoms with Crippen molar-refractivity contribution < 1.29 is 4.74 Å². The quantitative estimate of drug-likeness (QED) is 0.852. The molecule has 0 bridgehead atoms. The van der Waals surface area contributed by atoms with Crippen molar-refractivity contribution in [2.45, 2.75) is 32.2 Å². The van der Waals surface area contributed by atoms with E-state index in [4.69, 9.17) is 4.74 Å². The van der Waals surface area contributed by atoms with Gasteiger partial charge in [-0.3, -0.25) is 0 Å². The smallest absolute Gasteiger partial charge is 0.131 e. The van der Waals surface area contributed by atoms with Crippen molar-refractivity contribution in [2.75, 3.05) is 30.4 Å². The SMILES string of the molecule is Cc1cnc(CCNc2cc(N[C@H]3CCCOC3)ncn2)s1. The first kappa shape index (κ1) is 15.2. The van der Waals surface area contributed by atoms with Gasteiger partial charge in [-0.2, -0.15) is 0 Å². The molecular weight excluding hydrogens is 298 g/mol. The fourth-order valence-corrected chi connectivity index (χ4v) is 3.20. The third-order valence-electron chi connectivity index (χ3n) is 3.49. The predicted octanol–water partition coefficient (Wildman–Crippen LogP) is 2.49. The Morgan fingerprint density at radius 3 is 3.00 bits per heavy atom. The number of thiazole rings is 1. The molecule has 118 valence electrons. The Bertz CT molecular complexity index is 597. The maximum atomic E-state index is 5.47. The lowest BCUT2D eigenvalue weighted by atomic mass is 10.1. The maximum absolute atomic E-state index is 5.47. The summed E-state index contributed by atoms with van der Waals surface area (Å²) in [5, 5.41) is 7.88. The highest BCUT2D eigenvalue weighted by Gasteiger charge is 2.14. The summed E-state index contributed by atoms with van der Waals surface area (Å²) in [5.74, 6) is 1.68. The third-order valence-corrected chi connectivity index (χ3v) is 4.47. The standard InChI is InChI=1S/C15H21N5OS/c1-11-8-17-15(22-11)4-5-16-13-7-14(19-10-18-13)20-12-3-2-6-21-9-12/h7-8,10,12H,2-6,9H2,1H3,(H2,16,18,19,20)/t12-/m0/s1. The van der Waals surface area contributed by atoms with Crippen molar-refractivity contribution in [3.05, 3.63) is 28.5 Å². The second-order valence-electron chi connectivity index (χ2n) is 5.39. The fraction of sp³-hybridized carbons (Fsp3) is 0.533. The molecule has 3 heterocycles. The third kappa shape index (κ3) is 4.38. The lowest BCUT2D eigenvalue weighted by Gasteiger charge is -2.23. The van der Waals surface area contributed by atoms with E-state index in [-0.39, 0.29) is 0 Å². The number of aryl methyl sites for hydroxylation is 1. The van der Waals surface area contributed by atoms with Gasteiger partial charge in [-0.1, -0.05) is 0 Å². The Morgan fingerprint density at radius 1 is 1.32 bits per heavy atom. The molecule has 7 heteroatoms. The summed E-state index contributed by atoms with van der Waals surface area (Å²) in [6.45, 7) is 4.50. The van der Waals surface area contributed by atoms with Gasteiger partial charge >= 0.3 is 0 Å². The minimum absolute atomic E-state index is 0.342. The molecule has 0 radical (unpaired) electrons. The summed E-state index contributed by atoms with van der Waals surface area (Å²) in [5.41, 5.74) is 0. The van der Waals surface area contributed by atoms with Gasteiger partial charge in [-0.15, -0.1) is 11.3 Å². The largest absolute Gasteiger partial charge is 0.379 e. The molecule has 6 nitrogen and oxygen atoms in total. The number of rotatable bonds is 6. The van der Waals surface area contributed by atoms with Crippen molar-refractivity contribution in [2.24, 2.45) is 0 Å². The molecule has 0 aromatic carbocycles. The monoisotopic (exact) mass is 319 g/mol. The Kier molecular flexibility index (Phi) is 5.18. The highest BCUT2D eigenvalue weighted by Crippen LogP contribution is 2.15. The average molecular weight is 319 g/mol. The molecule has 1 aliphatic rings. The van der Waals surface area contributed by atoms with Crippen molar-refractivity contribution in [1.82, 2.24) is 15.0 Å². The second-order valence-corrected chi connectivity index (χ2v) is 6.71. The van der Waals surface area contributed by atoms with Gasteiger partial charge in [-0.05, 0) is 19.8 Å². The maximum Gasteiger partial charge on any atom is 0.131 e. The molecule has 2 aromatic heterocycles. The highest BCUT2D eigenvalue weighted by atomic mass is 32.1. The number of ether oxygens (including phenoxy) is 1. The molecule has 0 aliphatic carbocycles. The molecule has 2 aromatic rings. The van der Waals surface area contributed by atoms with Crippen LogP contribution < -0.4 is 10.6 Å². The van der Waals surface area contributed by atoms with Crippen molar-refractivity contribution in [3.63, 3.8) is 0 Å². The van der Waals surface area contributed by atoms with E-state index in [2.05, 4.69) is 32.5 Å². The Hall–Kier alpha value is -1.73. The Balaban J connectivity index is 1.50. The van der Waals surface area contributed by atoms with Gasteiger partial charge in [0.25, 0.3) is 0 Å². The second kappa shape index (κ2) is 7.51. The molecule has 1 saturated heterocycles. The van der Waals surface area contributed by atoms with E-state index in [0.29, 0.717) is 6.04 Å². The van der Waals surface area contributed by atoms with E-state index >= 15 is 0 Å². The molecule has 1 atom stereocenters. The van der Waals surface area contributed by atoms with Crippen LogP contribution in [0.1, 0.15) is 22.7 Å². The fourth-order valence-electron chi connectivity index (χ4n) is 2.41. The summed E-state index contributed by atoms with van der Waals surface area (Å²) in [4.78, 5) is 14.1. The Labute approximate surface area is 134 Å². The summed E-state index contributed by atoms with van der Waals surface area (Å²) < 4.78 is 5.47. The number of hydrogen-bond acceptors (Lipinski definition) is 7. The van der Waals surface area contributed by atoms with E-state index in [9.17, 15) is 0 Å². The van der Waals surface area contributed by atoms with Gasteiger partial charge in [0.2, 0.25) is 0 Å². The van der Waals surface area contributed by atoms with Crippen LogP contribution in [0.4, 0.5) is 11.6 Å². The van der Waals surface area contributed by atoms with Crippen molar-refractivity contribution >= 4 is 23.0 Å². The van der Waals surface area contributed by atoms with Crippen molar-refractivity contribution in [1.29, 1.82) is 0 Å². The minimum Gasteiger partial charge on any atom is -0.379 e. The predicted molar refractivity (Wildman–Crippen MR) is 88.5 cm³/mol. The molecule has 3 rings (SSSR count). The lowest BCUT2D eigenvalue weighted by Crippen LogP contribution is -2.30. The summed E-state index contributed by atoms with van der Waals surface area (Å²) in [7, 11) is 0. The number of hydrogen-bond donors (Lipinski definition) is 2. The van der Waals surface area contributed by atoms with E-state index < -0.39 is 0 Å². The van der Waals surface area contributed by atoms with Gasteiger partial charge in [0.05, 0.1) is 17.7 Å². The number of aromatic nitrogens is 3. The molecular formula is C15H21N5OS. The van der Waals surface area contributed by atoms with Crippen LogP contribution in [-0.2, 0) is 11.2 Å². The molecule has 22 heavy (non-hydrogen) atoms. The van der Waals surface area contributed by atoms with Crippen LogP contribution in [0.3, 0.4) is 0 Å². The first-order valence-electron chi connectivity index (χ1n) is 7.61.